The molecule has 1 aliphatic rings. The van der Waals surface area contributed by atoms with Gasteiger partial charge in [-0.25, -0.2) is 9.59 Å². The highest BCUT2D eigenvalue weighted by atomic mass is 16.6. The molecule has 0 N–H and O–H groups in total. The summed E-state index contributed by atoms with van der Waals surface area (Å²) >= 11 is 0. The molecular formula is C24H22O6. The number of hydrogen-bond acceptors (Lipinski definition) is 6. The minimum Gasteiger partial charge on any atom is -0.459 e. The van der Waals surface area contributed by atoms with Crippen molar-refractivity contribution in [2.24, 2.45) is 0 Å². The van der Waals surface area contributed by atoms with Crippen LogP contribution in [0.3, 0.4) is 0 Å². The first-order valence-corrected chi connectivity index (χ1v) is 9.86. The first-order valence-electron chi connectivity index (χ1n) is 9.86. The molecule has 6 heteroatoms. The maximum Gasteiger partial charge on any atom is 0.345 e. The molecule has 4 rings (SSSR count). The average Bonchev–Trinajstić information content (AvgIpc) is 2.78. The van der Waals surface area contributed by atoms with Gasteiger partial charge in [0.1, 0.15) is 18.8 Å². The highest BCUT2D eigenvalue weighted by molar-refractivity contribution is 6.20. The summed E-state index contributed by atoms with van der Waals surface area (Å²) in [4.78, 5) is 25.4. The van der Waals surface area contributed by atoms with Crippen molar-refractivity contribution in [1.82, 2.24) is 0 Å². The molecule has 30 heavy (non-hydrogen) atoms. The first kappa shape index (κ1) is 20.1. The molecule has 0 spiro atoms. The second-order valence-corrected chi connectivity index (χ2v) is 6.79. The molecule has 1 fully saturated rings. The Kier molecular flexibility index (Phi) is 6.37. The predicted molar refractivity (Wildman–Crippen MR) is 113 cm³/mol. The molecule has 0 bridgehead atoms. The summed E-state index contributed by atoms with van der Waals surface area (Å²) in [6.07, 6.45) is 1.57. The Balaban J connectivity index is 1.81. The molecule has 3 aromatic rings. The summed E-state index contributed by atoms with van der Waals surface area (Å²) in [5.74, 6) is -1.47. The highest BCUT2D eigenvalue weighted by Crippen LogP contribution is 2.30. The SMILES string of the molecule is O=C1OCCOCCOCCOC(=O)C1=Cc1c2ccccc2cc2ccccc12. The van der Waals surface area contributed by atoms with E-state index in [2.05, 4.69) is 6.07 Å². The van der Waals surface area contributed by atoms with Gasteiger partial charge in [-0.05, 0) is 39.3 Å². The number of rotatable bonds is 1. The summed E-state index contributed by atoms with van der Waals surface area (Å²) in [5, 5.41) is 3.88. The summed E-state index contributed by atoms with van der Waals surface area (Å²) < 4.78 is 21.2. The molecule has 1 aliphatic heterocycles. The van der Waals surface area contributed by atoms with Gasteiger partial charge >= 0.3 is 11.9 Å². The lowest BCUT2D eigenvalue weighted by molar-refractivity contribution is -0.147. The van der Waals surface area contributed by atoms with E-state index in [0.29, 0.717) is 13.2 Å². The van der Waals surface area contributed by atoms with Crippen LogP contribution in [0.15, 0.2) is 60.2 Å². The van der Waals surface area contributed by atoms with Crippen LogP contribution in [0.5, 0.6) is 0 Å². The molecule has 0 aromatic heterocycles. The van der Waals surface area contributed by atoms with Crippen molar-refractivity contribution in [2.45, 2.75) is 0 Å². The van der Waals surface area contributed by atoms with E-state index in [1.165, 1.54) is 0 Å². The molecule has 0 unspecified atom stereocenters. The van der Waals surface area contributed by atoms with Crippen molar-refractivity contribution in [1.29, 1.82) is 0 Å². The highest BCUT2D eigenvalue weighted by Gasteiger charge is 2.23. The van der Waals surface area contributed by atoms with Crippen LogP contribution < -0.4 is 0 Å². The van der Waals surface area contributed by atoms with Crippen LogP contribution in [0.25, 0.3) is 27.6 Å². The molecule has 6 nitrogen and oxygen atoms in total. The van der Waals surface area contributed by atoms with Crippen molar-refractivity contribution in [2.75, 3.05) is 39.6 Å². The second-order valence-electron chi connectivity index (χ2n) is 6.79. The van der Waals surface area contributed by atoms with Gasteiger partial charge in [0.15, 0.2) is 0 Å². The lowest BCUT2D eigenvalue weighted by Crippen LogP contribution is -2.20. The van der Waals surface area contributed by atoms with E-state index >= 15 is 0 Å². The third-order valence-corrected chi connectivity index (χ3v) is 4.84. The number of ether oxygens (including phenoxy) is 4. The Morgan fingerprint density at radius 3 is 1.63 bits per heavy atom. The van der Waals surface area contributed by atoms with Gasteiger partial charge < -0.3 is 18.9 Å². The Hall–Kier alpha value is -3.22. The summed E-state index contributed by atoms with van der Waals surface area (Å²) in [6.45, 7) is 1.31. The largest absolute Gasteiger partial charge is 0.459 e. The van der Waals surface area contributed by atoms with E-state index in [-0.39, 0.29) is 32.0 Å². The molecule has 1 saturated heterocycles. The van der Waals surface area contributed by atoms with Gasteiger partial charge in [0.2, 0.25) is 0 Å². The fourth-order valence-electron chi connectivity index (χ4n) is 3.41. The van der Waals surface area contributed by atoms with Crippen molar-refractivity contribution in [3.05, 3.63) is 65.7 Å². The Bertz CT molecular complexity index is 1020. The number of hydrogen-bond donors (Lipinski definition) is 0. The maximum atomic E-state index is 12.7. The lowest BCUT2D eigenvalue weighted by atomic mass is 9.95. The lowest BCUT2D eigenvalue weighted by Gasteiger charge is -2.11. The predicted octanol–water partition coefficient (Wildman–Crippen LogP) is 3.51. The van der Waals surface area contributed by atoms with Gasteiger partial charge in [0, 0.05) is 0 Å². The van der Waals surface area contributed by atoms with Gasteiger partial charge in [0.25, 0.3) is 0 Å². The van der Waals surface area contributed by atoms with Gasteiger partial charge in [-0.1, -0.05) is 48.5 Å². The van der Waals surface area contributed by atoms with Gasteiger partial charge in [-0.15, -0.1) is 0 Å². The Labute approximate surface area is 174 Å². The number of cyclic esters (lactones) is 2. The minimum absolute atomic E-state index is 0.0414. The van der Waals surface area contributed by atoms with Crippen LogP contribution in [0.4, 0.5) is 0 Å². The van der Waals surface area contributed by atoms with Gasteiger partial charge in [0.05, 0.1) is 26.4 Å². The number of benzene rings is 3. The smallest absolute Gasteiger partial charge is 0.345 e. The Morgan fingerprint density at radius 2 is 1.10 bits per heavy atom. The standard InChI is InChI=1S/C24H22O6/c25-23-22(24(26)30-14-12-28-10-9-27-11-13-29-23)16-21-19-7-3-1-5-17(19)15-18-6-2-4-8-20(18)21/h1-8,15-16H,9-14H2. The normalized spacial score (nSPS) is 16.9. The van der Waals surface area contributed by atoms with Crippen LogP contribution in [-0.4, -0.2) is 51.6 Å². The zero-order valence-corrected chi connectivity index (χ0v) is 16.5. The molecule has 3 aromatic carbocycles. The number of esters is 2. The maximum absolute atomic E-state index is 12.7. The molecule has 0 atom stereocenters. The van der Waals surface area contributed by atoms with E-state index in [9.17, 15) is 9.59 Å². The topological polar surface area (TPSA) is 71.1 Å². The minimum atomic E-state index is -0.735. The van der Waals surface area contributed by atoms with Crippen molar-refractivity contribution in [3.63, 3.8) is 0 Å². The van der Waals surface area contributed by atoms with Crippen molar-refractivity contribution in [3.8, 4) is 0 Å². The number of fused-ring (bicyclic) bond motifs is 2. The van der Waals surface area contributed by atoms with Crippen LogP contribution in [0.2, 0.25) is 0 Å². The number of carbonyl (C=O) groups excluding carboxylic acids is 2. The van der Waals surface area contributed by atoms with E-state index in [1.807, 2.05) is 48.5 Å². The second kappa shape index (κ2) is 9.52. The van der Waals surface area contributed by atoms with Crippen LogP contribution in [-0.2, 0) is 28.5 Å². The fraction of sp³-hybridized carbons (Fsp3) is 0.250. The van der Waals surface area contributed by atoms with Gasteiger partial charge in [-0.3, -0.25) is 0 Å². The van der Waals surface area contributed by atoms with Crippen LogP contribution >= 0.6 is 0 Å². The molecule has 1 heterocycles. The molecule has 0 amide bonds. The Morgan fingerprint density at radius 1 is 0.633 bits per heavy atom. The summed E-state index contributed by atoms with van der Waals surface area (Å²) in [7, 11) is 0. The zero-order valence-electron chi connectivity index (χ0n) is 16.5. The summed E-state index contributed by atoms with van der Waals surface area (Å²) in [5.41, 5.74) is 0.611. The van der Waals surface area contributed by atoms with Crippen LogP contribution in [0.1, 0.15) is 5.56 Å². The molecule has 0 radical (unpaired) electrons. The van der Waals surface area contributed by atoms with E-state index in [0.717, 1.165) is 27.1 Å². The fourth-order valence-corrected chi connectivity index (χ4v) is 3.41. The summed E-state index contributed by atoms with van der Waals surface area (Å²) in [6, 6.07) is 17.8. The van der Waals surface area contributed by atoms with Crippen molar-refractivity contribution >= 4 is 39.6 Å². The molecule has 0 saturated carbocycles. The molecular weight excluding hydrogens is 384 g/mol. The monoisotopic (exact) mass is 406 g/mol. The van der Waals surface area contributed by atoms with Crippen LogP contribution in [0, 0.1) is 0 Å². The van der Waals surface area contributed by atoms with E-state index < -0.39 is 11.9 Å². The quantitative estimate of drug-likeness (QED) is 0.267. The number of carbonyl (C=O) groups is 2. The van der Waals surface area contributed by atoms with Crippen molar-refractivity contribution < 1.29 is 28.5 Å². The van der Waals surface area contributed by atoms with Gasteiger partial charge in [-0.2, -0.15) is 0 Å². The van der Waals surface area contributed by atoms with E-state index in [1.54, 1.807) is 6.08 Å². The van der Waals surface area contributed by atoms with E-state index in [4.69, 9.17) is 18.9 Å². The average molecular weight is 406 g/mol. The third kappa shape index (κ3) is 4.50. The first-order chi connectivity index (χ1) is 14.7. The third-order valence-electron chi connectivity index (χ3n) is 4.84. The zero-order chi connectivity index (χ0) is 20.8. The molecule has 154 valence electrons. The molecule has 0 aliphatic carbocycles.